The van der Waals surface area contributed by atoms with Crippen molar-refractivity contribution in [3.8, 4) is 0 Å². The van der Waals surface area contributed by atoms with Crippen LogP contribution in [0.1, 0.15) is 245 Å². The Kier molecular flexibility index (Phi) is 43.4. The molecule has 0 radical (unpaired) electrons. The number of rotatable bonds is 43. The highest BCUT2D eigenvalue weighted by Gasteiger charge is 2.19. The van der Waals surface area contributed by atoms with Gasteiger partial charge in [0.15, 0.2) is 6.10 Å². The van der Waals surface area contributed by atoms with Gasteiger partial charge in [-0.05, 0) is 51.4 Å². The predicted molar refractivity (Wildman–Crippen MR) is 238 cm³/mol. The molecule has 0 aliphatic heterocycles. The second-order valence-corrected chi connectivity index (χ2v) is 16.0. The average Bonchev–Trinajstić information content (AvgIpc) is 3.19. The molecule has 0 saturated heterocycles. The molecule has 0 spiro atoms. The van der Waals surface area contributed by atoms with E-state index >= 15 is 0 Å². The number of hydrogen-bond acceptors (Lipinski definition) is 6. The van der Waals surface area contributed by atoms with Crippen LogP contribution in [-0.4, -0.2) is 37.2 Å². The highest BCUT2D eigenvalue weighted by molar-refractivity contribution is 5.71. The van der Waals surface area contributed by atoms with Gasteiger partial charge in [0, 0.05) is 19.3 Å². The van der Waals surface area contributed by atoms with Gasteiger partial charge in [0.05, 0.1) is 0 Å². The molecule has 0 aliphatic carbocycles. The second kappa shape index (κ2) is 45.3. The second-order valence-electron chi connectivity index (χ2n) is 16.0. The minimum Gasteiger partial charge on any atom is -0.462 e. The van der Waals surface area contributed by atoms with Crippen molar-refractivity contribution in [3.63, 3.8) is 0 Å². The van der Waals surface area contributed by atoms with E-state index in [0.717, 1.165) is 70.6 Å². The Hall–Kier alpha value is -2.37. The van der Waals surface area contributed by atoms with E-state index in [1.165, 1.54) is 128 Å². The van der Waals surface area contributed by atoms with Crippen LogP contribution < -0.4 is 0 Å². The number of ether oxygens (including phenoxy) is 3. The Morgan fingerprint density at radius 3 is 1.09 bits per heavy atom. The van der Waals surface area contributed by atoms with E-state index in [1.54, 1.807) is 0 Å². The zero-order valence-electron chi connectivity index (χ0n) is 37.2. The molecule has 0 aromatic rings. The first-order valence-electron chi connectivity index (χ1n) is 24.0. The first-order chi connectivity index (χ1) is 27.5. The lowest BCUT2D eigenvalue weighted by Crippen LogP contribution is -2.30. The van der Waals surface area contributed by atoms with Gasteiger partial charge in [0.1, 0.15) is 13.2 Å². The van der Waals surface area contributed by atoms with E-state index in [2.05, 4.69) is 57.2 Å². The number of hydrogen-bond donors (Lipinski definition) is 0. The molecule has 0 N–H and O–H groups in total. The van der Waals surface area contributed by atoms with Gasteiger partial charge < -0.3 is 14.2 Å². The smallest absolute Gasteiger partial charge is 0.306 e. The van der Waals surface area contributed by atoms with Crippen molar-refractivity contribution in [2.75, 3.05) is 13.2 Å². The number of esters is 3. The maximum atomic E-state index is 12.7. The van der Waals surface area contributed by atoms with E-state index in [1.807, 2.05) is 0 Å². The van der Waals surface area contributed by atoms with Gasteiger partial charge in [0.2, 0.25) is 0 Å². The van der Waals surface area contributed by atoms with Crippen molar-refractivity contribution in [2.45, 2.75) is 252 Å². The molecule has 0 heterocycles. The normalized spacial score (nSPS) is 12.3. The first kappa shape index (κ1) is 53.6. The molecule has 0 fully saturated rings. The summed E-state index contributed by atoms with van der Waals surface area (Å²) in [6.07, 6.45) is 51.3. The molecule has 56 heavy (non-hydrogen) atoms. The Morgan fingerprint density at radius 2 is 0.696 bits per heavy atom. The number of allylic oxidation sites excluding steroid dienone is 6. The summed E-state index contributed by atoms with van der Waals surface area (Å²) in [5.41, 5.74) is 0. The lowest BCUT2D eigenvalue weighted by atomic mass is 10.0. The van der Waals surface area contributed by atoms with Gasteiger partial charge in [-0.3, -0.25) is 14.4 Å². The number of carbonyl (C=O) groups excluding carboxylic acids is 3. The molecule has 0 aromatic heterocycles. The molecule has 0 rings (SSSR count). The van der Waals surface area contributed by atoms with Crippen molar-refractivity contribution in [3.05, 3.63) is 36.5 Å². The summed E-state index contributed by atoms with van der Waals surface area (Å²) in [7, 11) is 0. The topological polar surface area (TPSA) is 78.9 Å². The summed E-state index contributed by atoms with van der Waals surface area (Å²) in [5, 5.41) is 0. The van der Waals surface area contributed by atoms with Crippen LogP contribution in [0.2, 0.25) is 0 Å². The van der Waals surface area contributed by atoms with Gasteiger partial charge in [0.25, 0.3) is 0 Å². The van der Waals surface area contributed by atoms with Crippen LogP contribution in [0.15, 0.2) is 36.5 Å². The lowest BCUT2D eigenvalue weighted by Gasteiger charge is -2.18. The van der Waals surface area contributed by atoms with Gasteiger partial charge in [-0.15, -0.1) is 0 Å². The molecule has 0 aliphatic rings. The molecule has 0 saturated carbocycles. The van der Waals surface area contributed by atoms with E-state index in [-0.39, 0.29) is 37.5 Å². The Morgan fingerprint density at radius 1 is 0.375 bits per heavy atom. The minimum absolute atomic E-state index is 0.0839. The molecule has 0 aromatic carbocycles. The molecule has 0 amide bonds. The average molecular weight is 787 g/mol. The Labute approximate surface area is 346 Å². The monoisotopic (exact) mass is 787 g/mol. The molecular formula is C50H90O6. The third-order valence-electron chi connectivity index (χ3n) is 10.4. The lowest BCUT2D eigenvalue weighted by molar-refractivity contribution is -0.167. The van der Waals surface area contributed by atoms with Crippen molar-refractivity contribution >= 4 is 17.9 Å². The zero-order chi connectivity index (χ0) is 40.8. The van der Waals surface area contributed by atoms with Crippen molar-refractivity contribution in [1.82, 2.24) is 0 Å². The van der Waals surface area contributed by atoms with Gasteiger partial charge >= 0.3 is 17.9 Å². The number of carbonyl (C=O) groups is 3. The van der Waals surface area contributed by atoms with Crippen molar-refractivity contribution in [2.24, 2.45) is 0 Å². The molecule has 1 unspecified atom stereocenters. The zero-order valence-corrected chi connectivity index (χ0v) is 37.2. The van der Waals surface area contributed by atoms with E-state index in [9.17, 15) is 14.4 Å². The molecule has 6 heteroatoms. The molecule has 0 bridgehead atoms. The SMILES string of the molecule is CC/C=C\C/C=C\C/C=C\CCCCC(=O)OC(COC(=O)CCCCCCCCCCCC)COC(=O)CCCCCCCCCCCCCCCCCC. The molecule has 6 nitrogen and oxygen atoms in total. The molecular weight excluding hydrogens is 697 g/mol. The third kappa shape index (κ3) is 42.8. The fourth-order valence-electron chi connectivity index (χ4n) is 6.81. The van der Waals surface area contributed by atoms with Crippen molar-refractivity contribution < 1.29 is 28.6 Å². The summed E-state index contributed by atoms with van der Waals surface area (Å²) in [4.78, 5) is 37.7. The molecule has 1 atom stereocenters. The van der Waals surface area contributed by atoms with Crippen LogP contribution in [0.4, 0.5) is 0 Å². The summed E-state index contributed by atoms with van der Waals surface area (Å²) >= 11 is 0. The summed E-state index contributed by atoms with van der Waals surface area (Å²) in [6, 6.07) is 0. The summed E-state index contributed by atoms with van der Waals surface area (Å²) in [6.45, 7) is 6.49. The predicted octanol–water partition coefficient (Wildman–Crippen LogP) is 15.4. The maximum absolute atomic E-state index is 12.7. The molecule has 326 valence electrons. The van der Waals surface area contributed by atoms with Gasteiger partial charge in [-0.25, -0.2) is 0 Å². The standard InChI is InChI=1S/C50H90O6/c1-4-7-10-13-16-19-22-24-25-26-27-29-31-34-37-40-43-49(52)55-46-47(45-54-48(51)42-39-36-33-30-21-18-15-12-9-6-3)56-50(53)44-41-38-35-32-28-23-20-17-14-11-8-5-2/h8,11,17,20,28,32,47H,4-7,9-10,12-16,18-19,21-27,29-31,33-46H2,1-3H3/b11-8-,20-17-,32-28-. The van der Waals surface area contributed by atoms with Crippen LogP contribution >= 0.6 is 0 Å². The van der Waals surface area contributed by atoms with Crippen LogP contribution in [0.25, 0.3) is 0 Å². The Balaban J connectivity index is 4.35. The first-order valence-corrected chi connectivity index (χ1v) is 24.0. The van der Waals surface area contributed by atoms with Crippen LogP contribution in [0, 0.1) is 0 Å². The van der Waals surface area contributed by atoms with Gasteiger partial charge in [-0.2, -0.15) is 0 Å². The fourth-order valence-corrected chi connectivity index (χ4v) is 6.81. The fraction of sp³-hybridized carbons (Fsp3) is 0.820. The van der Waals surface area contributed by atoms with E-state index in [4.69, 9.17) is 14.2 Å². The number of unbranched alkanes of at least 4 members (excludes halogenated alkanes) is 26. The van der Waals surface area contributed by atoms with Crippen LogP contribution in [0.3, 0.4) is 0 Å². The van der Waals surface area contributed by atoms with E-state index < -0.39 is 6.10 Å². The maximum Gasteiger partial charge on any atom is 0.306 e. The minimum atomic E-state index is -0.784. The summed E-state index contributed by atoms with van der Waals surface area (Å²) < 4.78 is 16.7. The highest BCUT2D eigenvalue weighted by atomic mass is 16.6. The van der Waals surface area contributed by atoms with Crippen LogP contribution in [0.5, 0.6) is 0 Å². The third-order valence-corrected chi connectivity index (χ3v) is 10.4. The quantitative estimate of drug-likeness (QED) is 0.0265. The van der Waals surface area contributed by atoms with Gasteiger partial charge in [-0.1, -0.05) is 211 Å². The van der Waals surface area contributed by atoms with Crippen molar-refractivity contribution in [1.29, 1.82) is 0 Å². The summed E-state index contributed by atoms with van der Waals surface area (Å²) in [5.74, 6) is -0.919. The van der Waals surface area contributed by atoms with Crippen LogP contribution in [-0.2, 0) is 28.6 Å². The van der Waals surface area contributed by atoms with E-state index in [0.29, 0.717) is 19.3 Å². The highest BCUT2D eigenvalue weighted by Crippen LogP contribution is 2.15. The Bertz CT molecular complexity index is 953. The largest absolute Gasteiger partial charge is 0.462 e.